The average Bonchev–Trinajstić information content (AvgIpc) is 3.11. The van der Waals surface area contributed by atoms with E-state index in [1.54, 1.807) is 30.6 Å². The second-order valence-electron chi connectivity index (χ2n) is 5.13. The summed E-state index contributed by atoms with van der Waals surface area (Å²) in [6.07, 6.45) is 1.56. The minimum absolute atomic E-state index is 0.261. The van der Waals surface area contributed by atoms with Crippen LogP contribution in [-0.4, -0.2) is 27.7 Å². The lowest BCUT2D eigenvalue weighted by Gasteiger charge is -2.06. The molecule has 2 aromatic carbocycles. The van der Waals surface area contributed by atoms with Crippen LogP contribution in [0.5, 0.6) is 0 Å². The molecule has 0 fully saturated rings. The summed E-state index contributed by atoms with van der Waals surface area (Å²) in [6.45, 7) is 0. The molecule has 2 heterocycles. The van der Waals surface area contributed by atoms with Crippen LogP contribution in [-0.2, 0) is 0 Å². The van der Waals surface area contributed by atoms with Crippen molar-refractivity contribution in [3.05, 3.63) is 59.4 Å². The van der Waals surface area contributed by atoms with Crippen molar-refractivity contribution in [3.8, 4) is 0 Å². The molecule has 0 saturated heterocycles. The third-order valence-electron chi connectivity index (χ3n) is 3.68. The molecule has 3 aromatic rings. The van der Waals surface area contributed by atoms with Crippen molar-refractivity contribution in [1.82, 2.24) is 15.3 Å². The van der Waals surface area contributed by atoms with E-state index in [1.807, 2.05) is 0 Å². The van der Waals surface area contributed by atoms with Gasteiger partial charge in [-0.3, -0.25) is 19.7 Å². The third kappa shape index (κ3) is 2.15. The quantitative estimate of drug-likeness (QED) is 0.627. The number of hydrogen-bond acceptors (Lipinski definition) is 4. The molecule has 0 unspecified atom stereocenters. The van der Waals surface area contributed by atoms with E-state index in [1.165, 1.54) is 12.1 Å². The van der Waals surface area contributed by atoms with E-state index in [9.17, 15) is 14.4 Å². The number of carbonyl (C=O) groups excluding carboxylic acids is 3. The monoisotopic (exact) mass is 306 g/mol. The molecule has 4 rings (SSSR count). The lowest BCUT2D eigenvalue weighted by atomic mass is 10.1. The van der Waals surface area contributed by atoms with Gasteiger partial charge in [0.05, 0.1) is 28.5 Å². The number of nitrogens with one attached hydrogen (secondary N) is 3. The van der Waals surface area contributed by atoms with Gasteiger partial charge in [0.1, 0.15) is 0 Å². The highest BCUT2D eigenvalue weighted by Gasteiger charge is 2.26. The van der Waals surface area contributed by atoms with Crippen LogP contribution in [0.15, 0.2) is 42.7 Å². The highest BCUT2D eigenvalue weighted by Crippen LogP contribution is 2.21. The molecule has 0 spiro atoms. The summed E-state index contributed by atoms with van der Waals surface area (Å²) in [5, 5.41) is 4.93. The molecule has 0 saturated carbocycles. The van der Waals surface area contributed by atoms with Crippen molar-refractivity contribution in [2.45, 2.75) is 0 Å². The van der Waals surface area contributed by atoms with Crippen molar-refractivity contribution in [1.29, 1.82) is 0 Å². The smallest absolute Gasteiger partial charge is 0.259 e. The first-order valence-electron chi connectivity index (χ1n) is 6.86. The Morgan fingerprint density at radius 1 is 1.00 bits per heavy atom. The van der Waals surface area contributed by atoms with Gasteiger partial charge in [0.25, 0.3) is 17.7 Å². The minimum atomic E-state index is -0.458. The van der Waals surface area contributed by atoms with Crippen LogP contribution in [0.25, 0.3) is 11.0 Å². The summed E-state index contributed by atoms with van der Waals surface area (Å²) in [7, 11) is 0. The van der Waals surface area contributed by atoms with Gasteiger partial charge in [0.2, 0.25) is 0 Å². The normalized spacial score (nSPS) is 13.0. The predicted molar refractivity (Wildman–Crippen MR) is 82.3 cm³/mol. The van der Waals surface area contributed by atoms with E-state index in [0.29, 0.717) is 16.8 Å². The van der Waals surface area contributed by atoms with E-state index in [2.05, 4.69) is 20.6 Å². The maximum Gasteiger partial charge on any atom is 0.259 e. The van der Waals surface area contributed by atoms with Crippen molar-refractivity contribution in [2.75, 3.05) is 5.32 Å². The molecule has 7 nitrogen and oxygen atoms in total. The fourth-order valence-corrected chi connectivity index (χ4v) is 2.53. The van der Waals surface area contributed by atoms with Crippen molar-refractivity contribution in [3.63, 3.8) is 0 Å². The summed E-state index contributed by atoms with van der Waals surface area (Å²) in [6, 6.07) is 9.70. The van der Waals surface area contributed by atoms with Crippen molar-refractivity contribution < 1.29 is 14.4 Å². The van der Waals surface area contributed by atoms with E-state index in [-0.39, 0.29) is 11.5 Å². The fraction of sp³-hybridized carbons (Fsp3) is 0. The lowest BCUT2D eigenvalue weighted by molar-refractivity contribution is 0.0878. The minimum Gasteiger partial charge on any atom is -0.345 e. The predicted octanol–water partition coefficient (Wildman–Crippen LogP) is 1.70. The molecule has 3 amide bonds. The van der Waals surface area contributed by atoms with Gasteiger partial charge in [-0.2, -0.15) is 0 Å². The highest BCUT2D eigenvalue weighted by molar-refractivity contribution is 6.22. The zero-order valence-corrected chi connectivity index (χ0v) is 11.7. The molecule has 3 N–H and O–H groups in total. The van der Waals surface area contributed by atoms with Crippen LogP contribution in [0, 0.1) is 0 Å². The van der Waals surface area contributed by atoms with E-state index >= 15 is 0 Å². The number of amides is 3. The topological polar surface area (TPSA) is 104 Å². The molecule has 23 heavy (non-hydrogen) atoms. The second-order valence-corrected chi connectivity index (χ2v) is 5.13. The number of rotatable bonds is 2. The molecular formula is C16H10N4O3. The summed E-state index contributed by atoms with van der Waals surface area (Å²) in [4.78, 5) is 42.5. The second kappa shape index (κ2) is 4.77. The van der Waals surface area contributed by atoms with Crippen LogP contribution in [0.3, 0.4) is 0 Å². The number of fused-ring (bicyclic) bond motifs is 2. The van der Waals surface area contributed by atoms with Gasteiger partial charge in [-0.1, -0.05) is 0 Å². The Balaban J connectivity index is 1.62. The molecule has 0 atom stereocenters. The standard InChI is InChI=1S/C16H10N4O3/c21-14(8-1-4-12-13(5-8)18-7-17-12)19-9-2-3-10-11(6-9)16(23)20-15(10)22/h1-7H,(H,17,18)(H,19,21)(H,20,22,23). The molecule has 1 aromatic heterocycles. The Morgan fingerprint density at radius 3 is 2.70 bits per heavy atom. The molecule has 0 aliphatic carbocycles. The van der Waals surface area contributed by atoms with Crippen molar-refractivity contribution >= 4 is 34.4 Å². The van der Waals surface area contributed by atoms with Gasteiger partial charge in [0, 0.05) is 11.3 Å². The summed E-state index contributed by atoms with van der Waals surface area (Å²) >= 11 is 0. The number of aromatic amines is 1. The number of aromatic nitrogens is 2. The Bertz CT molecular complexity index is 990. The van der Waals surface area contributed by atoms with Gasteiger partial charge in [-0.15, -0.1) is 0 Å². The van der Waals surface area contributed by atoms with Gasteiger partial charge in [-0.05, 0) is 36.4 Å². The van der Waals surface area contributed by atoms with Gasteiger partial charge in [-0.25, -0.2) is 4.98 Å². The average molecular weight is 306 g/mol. The van der Waals surface area contributed by atoms with E-state index in [4.69, 9.17) is 0 Å². The Morgan fingerprint density at radius 2 is 1.83 bits per heavy atom. The first-order valence-corrected chi connectivity index (χ1v) is 6.86. The summed E-state index contributed by atoms with van der Waals surface area (Å²) in [5.41, 5.74) is 3.01. The number of benzene rings is 2. The summed E-state index contributed by atoms with van der Waals surface area (Å²) in [5.74, 6) is -1.20. The van der Waals surface area contributed by atoms with Gasteiger partial charge < -0.3 is 10.3 Å². The van der Waals surface area contributed by atoms with Crippen LogP contribution < -0.4 is 10.6 Å². The largest absolute Gasteiger partial charge is 0.345 e. The number of H-pyrrole nitrogens is 1. The number of carbonyl (C=O) groups is 3. The molecule has 112 valence electrons. The first kappa shape index (κ1) is 13.2. The number of hydrogen-bond donors (Lipinski definition) is 3. The Labute approximate surface area is 129 Å². The maximum atomic E-state index is 12.3. The number of imidazole rings is 1. The number of nitrogens with zero attached hydrogens (tertiary/aromatic N) is 1. The van der Waals surface area contributed by atoms with Crippen LogP contribution in [0.2, 0.25) is 0 Å². The number of anilines is 1. The zero-order chi connectivity index (χ0) is 16.0. The van der Waals surface area contributed by atoms with Crippen LogP contribution in [0.1, 0.15) is 31.1 Å². The molecule has 1 aliphatic rings. The molecule has 1 aliphatic heterocycles. The third-order valence-corrected chi connectivity index (χ3v) is 3.68. The molecule has 0 radical (unpaired) electrons. The lowest BCUT2D eigenvalue weighted by Crippen LogP contribution is -2.19. The van der Waals surface area contributed by atoms with E-state index in [0.717, 1.165) is 11.0 Å². The molecular weight excluding hydrogens is 296 g/mol. The van der Waals surface area contributed by atoms with Gasteiger partial charge >= 0.3 is 0 Å². The van der Waals surface area contributed by atoms with Gasteiger partial charge in [0.15, 0.2) is 0 Å². The van der Waals surface area contributed by atoms with Crippen molar-refractivity contribution in [2.24, 2.45) is 0 Å². The van der Waals surface area contributed by atoms with Crippen LogP contribution >= 0.6 is 0 Å². The summed E-state index contributed by atoms with van der Waals surface area (Å²) < 4.78 is 0. The fourth-order valence-electron chi connectivity index (χ4n) is 2.53. The SMILES string of the molecule is O=C(Nc1ccc2c(c1)C(=O)NC2=O)c1ccc2nc[nH]c2c1. The molecule has 7 heteroatoms. The number of imide groups is 1. The Kier molecular flexibility index (Phi) is 2.74. The highest BCUT2D eigenvalue weighted by atomic mass is 16.2. The Hall–Kier alpha value is -3.48. The van der Waals surface area contributed by atoms with E-state index < -0.39 is 11.8 Å². The maximum absolute atomic E-state index is 12.3. The molecule has 0 bridgehead atoms. The first-order chi connectivity index (χ1) is 11.1. The zero-order valence-electron chi connectivity index (χ0n) is 11.7. The van der Waals surface area contributed by atoms with Crippen LogP contribution in [0.4, 0.5) is 5.69 Å².